The molecule has 0 saturated carbocycles. The van der Waals surface area contributed by atoms with Crippen LogP contribution in [0, 0.1) is 0 Å². The molecule has 1 heterocycles. The van der Waals surface area contributed by atoms with Gasteiger partial charge in [0.1, 0.15) is 0 Å². The summed E-state index contributed by atoms with van der Waals surface area (Å²) in [7, 11) is 0. The Kier molecular flexibility index (Phi) is 6.54. The van der Waals surface area contributed by atoms with Crippen molar-refractivity contribution in [2.45, 2.75) is 38.9 Å². The van der Waals surface area contributed by atoms with Crippen molar-refractivity contribution in [1.82, 2.24) is 15.0 Å². The predicted molar refractivity (Wildman–Crippen MR) is 106 cm³/mol. The normalized spacial score (nSPS) is 12.6. The second-order valence-corrected chi connectivity index (χ2v) is 6.96. The van der Waals surface area contributed by atoms with Crippen molar-refractivity contribution in [3.05, 3.63) is 71.6 Å². The Hall–Kier alpha value is -3.16. The summed E-state index contributed by atoms with van der Waals surface area (Å²) in [4.78, 5) is 18.8. The van der Waals surface area contributed by atoms with Crippen LogP contribution in [0.25, 0.3) is 11.4 Å². The van der Waals surface area contributed by atoms with Gasteiger partial charge in [-0.1, -0.05) is 42.4 Å². The lowest BCUT2D eigenvalue weighted by molar-refractivity contribution is -0.137. The number of amides is 1. The third-order valence-corrected chi connectivity index (χ3v) is 4.89. The molecule has 0 saturated heterocycles. The molecule has 3 aromatic rings. The van der Waals surface area contributed by atoms with Gasteiger partial charge in [0.05, 0.1) is 5.56 Å². The molecule has 0 spiro atoms. The molecule has 1 unspecified atom stereocenters. The Morgan fingerprint density at radius 2 is 1.87 bits per heavy atom. The number of aromatic nitrogens is 2. The van der Waals surface area contributed by atoms with Crippen LogP contribution in [0.5, 0.6) is 0 Å². The van der Waals surface area contributed by atoms with Crippen molar-refractivity contribution < 1.29 is 22.5 Å². The first-order valence-corrected chi connectivity index (χ1v) is 9.65. The number of carbonyl (C=O) groups excluding carboxylic acids is 1. The second kappa shape index (κ2) is 9.11. The molecule has 0 aliphatic heterocycles. The average Bonchev–Trinajstić information content (AvgIpc) is 3.22. The number of hydrogen-bond acceptors (Lipinski definition) is 4. The highest BCUT2D eigenvalue weighted by atomic mass is 19.4. The maximum atomic E-state index is 12.9. The van der Waals surface area contributed by atoms with Crippen LogP contribution < -0.4 is 0 Å². The van der Waals surface area contributed by atoms with E-state index in [9.17, 15) is 18.0 Å². The fourth-order valence-corrected chi connectivity index (χ4v) is 3.01. The molecule has 5 nitrogen and oxygen atoms in total. The number of halogens is 3. The zero-order chi connectivity index (χ0) is 21.7. The van der Waals surface area contributed by atoms with Crippen LogP contribution in [-0.4, -0.2) is 33.5 Å². The Bertz CT molecular complexity index is 987. The SMILES string of the molecule is CCC(C)N(CCc1nc(-c2cccc(C(F)(F)F)c2)no1)C(=O)c1ccccc1. The van der Waals surface area contributed by atoms with Gasteiger partial charge in [-0.05, 0) is 37.6 Å². The van der Waals surface area contributed by atoms with Gasteiger partial charge in [-0.25, -0.2) is 0 Å². The van der Waals surface area contributed by atoms with Gasteiger partial charge < -0.3 is 9.42 Å². The minimum Gasteiger partial charge on any atom is -0.339 e. The zero-order valence-corrected chi connectivity index (χ0v) is 16.7. The molecular formula is C22H22F3N3O2. The molecular weight excluding hydrogens is 395 g/mol. The molecule has 0 aliphatic rings. The fraction of sp³-hybridized carbons (Fsp3) is 0.318. The molecule has 0 aliphatic carbocycles. The van der Waals surface area contributed by atoms with Gasteiger partial charge in [-0.15, -0.1) is 0 Å². The van der Waals surface area contributed by atoms with E-state index >= 15 is 0 Å². The van der Waals surface area contributed by atoms with Crippen LogP contribution >= 0.6 is 0 Å². The lowest BCUT2D eigenvalue weighted by Crippen LogP contribution is -2.39. The molecule has 0 N–H and O–H groups in total. The van der Waals surface area contributed by atoms with Gasteiger partial charge in [0, 0.05) is 30.1 Å². The lowest BCUT2D eigenvalue weighted by Gasteiger charge is -2.28. The van der Waals surface area contributed by atoms with Crippen molar-refractivity contribution in [3.63, 3.8) is 0 Å². The highest BCUT2D eigenvalue weighted by Crippen LogP contribution is 2.31. The largest absolute Gasteiger partial charge is 0.416 e. The number of benzene rings is 2. The molecule has 2 aromatic carbocycles. The summed E-state index contributed by atoms with van der Waals surface area (Å²) < 4.78 is 44.0. The number of hydrogen-bond donors (Lipinski definition) is 0. The summed E-state index contributed by atoms with van der Waals surface area (Å²) in [5, 5.41) is 3.80. The van der Waals surface area contributed by atoms with Gasteiger partial charge in [-0.2, -0.15) is 18.2 Å². The second-order valence-electron chi connectivity index (χ2n) is 6.96. The smallest absolute Gasteiger partial charge is 0.339 e. The first-order valence-electron chi connectivity index (χ1n) is 9.65. The van der Waals surface area contributed by atoms with Gasteiger partial charge >= 0.3 is 6.18 Å². The van der Waals surface area contributed by atoms with E-state index in [0.717, 1.165) is 18.6 Å². The van der Waals surface area contributed by atoms with E-state index in [1.54, 1.807) is 29.2 Å². The van der Waals surface area contributed by atoms with Crippen molar-refractivity contribution in [1.29, 1.82) is 0 Å². The zero-order valence-electron chi connectivity index (χ0n) is 16.7. The topological polar surface area (TPSA) is 59.2 Å². The van der Waals surface area contributed by atoms with E-state index in [-0.39, 0.29) is 29.2 Å². The van der Waals surface area contributed by atoms with Crippen molar-refractivity contribution in [3.8, 4) is 11.4 Å². The van der Waals surface area contributed by atoms with Crippen LogP contribution in [0.2, 0.25) is 0 Å². The first-order chi connectivity index (χ1) is 14.3. The molecule has 8 heteroatoms. The molecule has 1 aromatic heterocycles. The molecule has 1 atom stereocenters. The van der Waals surface area contributed by atoms with E-state index < -0.39 is 11.7 Å². The minimum atomic E-state index is -4.45. The summed E-state index contributed by atoms with van der Waals surface area (Å²) in [5.74, 6) is 0.250. The quantitative estimate of drug-likeness (QED) is 0.528. The number of nitrogens with zero attached hydrogens (tertiary/aromatic N) is 3. The highest BCUT2D eigenvalue weighted by molar-refractivity contribution is 5.94. The van der Waals surface area contributed by atoms with E-state index in [1.807, 2.05) is 19.9 Å². The number of alkyl halides is 3. The molecule has 158 valence electrons. The average molecular weight is 417 g/mol. The maximum absolute atomic E-state index is 12.9. The van der Waals surface area contributed by atoms with Gasteiger partial charge in [0.2, 0.25) is 11.7 Å². The summed E-state index contributed by atoms with van der Waals surface area (Å²) >= 11 is 0. The molecule has 1 amide bonds. The lowest BCUT2D eigenvalue weighted by atomic mass is 10.1. The fourth-order valence-electron chi connectivity index (χ4n) is 3.01. The third kappa shape index (κ3) is 5.06. The maximum Gasteiger partial charge on any atom is 0.416 e. The van der Waals surface area contributed by atoms with Gasteiger partial charge in [0.25, 0.3) is 5.91 Å². The van der Waals surface area contributed by atoms with Crippen molar-refractivity contribution >= 4 is 5.91 Å². The number of rotatable bonds is 7. The first kappa shape index (κ1) is 21.5. The highest BCUT2D eigenvalue weighted by Gasteiger charge is 2.31. The number of carbonyl (C=O) groups is 1. The van der Waals surface area contributed by atoms with Crippen molar-refractivity contribution in [2.75, 3.05) is 6.54 Å². The van der Waals surface area contributed by atoms with E-state index in [4.69, 9.17) is 4.52 Å². The van der Waals surface area contributed by atoms with Gasteiger partial charge in [-0.3, -0.25) is 4.79 Å². The monoisotopic (exact) mass is 417 g/mol. The van der Waals surface area contributed by atoms with Crippen LogP contribution in [-0.2, 0) is 12.6 Å². The van der Waals surface area contributed by atoms with Crippen LogP contribution in [0.15, 0.2) is 59.1 Å². The molecule has 3 rings (SSSR count). The summed E-state index contributed by atoms with van der Waals surface area (Å²) in [6, 6.07) is 13.8. The molecule has 30 heavy (non-hydrogen) atoms. The van der Waals surface area contributed by atoms with Crippen LogP contribution in [0.3, 0.4) is 0 Å². The Labute approximate surface area is 172 Å². The van der Waals surface area contributed by atoms with Crippen LogP contribution in [0.1, 0.15) is 42.1 Å². The van der Waals surface area contributed by atoms with Crippen molar-refractivity contribution in [2.24, 2.45) is 0 Å². The van der Waals surface area contributed by atoms with Crippen LogP contribution in [0.4, 0.5) is 13.2 Å². The van der Waals surface area contributed by atoms with Gasteiger partial charge in [0.15, 0.2) is 0 Å². The molecule has 0 fully saturated rings. The summed E-state index contributed by atoms with van der Waals surface area (Å²) in [5.41, 5.74) is 0.0368. The summed E-state index contributed by atoms with van der Waals surface area (Å²) in [6.45, 7) is 4.31. The molecule has 0 radical (unpaired) electrons. The Morgan fingerprint density at radius 3 is 2.53 bits per heavy atom. The summed E-state index contributed by atoms with van der Waals surface area (Å²) in [6.07, 6.45) is -3.37. The minimum absolute atomic E-state index is 0.00330. The Balaban J connectivity index is 1.74. The Morgan fingerprint density at radius 1 is 1.13 bits per heavy atom. The molecule has 0 bridgehead atoms. The van der Waals surface area contributed by atoms with E-state index in [0.29, 0.717) is 18.5 Å². The predicted octanol–water partition coefficient (Wildman–Crippen LogP) is 5.24. The third-order valence-electron chi connectivity index (χ3n) is 4.89. The standard InChI is InChI=1S/C22H22F3N3O2/c1-3-15(2)28(21(29)16-8-5-4-6-9-16)13-12-19-26-20(27-30-19)17-10-7-11-18(14-17)22(23,24)25/h4-11,14-15H,3,12-13H2,1-2H3. The van der Waals surface area contributed by atoms with E-state index in [1.165, 1.54) is 12.1 Å². The van der Waals surface area contributed by atoms with E-state index in [2.05, 4.69) is 10.1 Å².